The van der Waals surface area contributed by atoms with E-state index in [1.54, 1.807) is 0 Å². The van der Waals surface area contributed by atoms with Gasteiger partial charge in [-0.1, -0.05) is 44.5 Å². The second-order valence-corrected chi connectivity index (χ2v) is 10.0. The molecule has 0 N–H and O–H groups in total. The zero-order valence-electron chi connectivity index (χ0n) is 11.3. The van der Waals surface area contributed by atoms with Crippen LogP contribution in [0.4, 0.5) is 0 Å². The Balaban J connectivity index is 4.34. The molecule has 0 aliphatic carbocycles. The molecule has 0 aliphatic heterocycles. The summed E-state index contributed by atoms with van der Waals surface area (Å²) in [4.78, 5) is 2.34. The van der Waals surface area contributed by atoms with Crippen LogP contribution in [0, 0.1) is 0 Å². The lowest BCUT2D eigenvalue weighted by atomic mass is 10.6. The third-order valence-corrected chi connectivity index (χ3v) is 8.85. The lowest BCUT2D eigenvalue weighted by molar-refractivity contribution is 0.430. The molecule has 0 heterocycles. The first kappa shape index (κ1) is 14.9. The van der Waals surface area contributed by atoms with E-state index in [-0.39, 0.29) is 0 Å². The van der Waals surface area contributed by atoms with E-state index in [0.717, 1.165) is 0 Å². The van der Waals surface area contributed by atoms with Crippen molar-refractivity contribution >= 4 is 8.07 Å². The number of hydrogen-bond acceptors (Lipinski definition) is 1. The molecule has 0 aliphatic rings. The summed E-state index contributed by atoms with van der Waals surface area (Å²) in [7, 11) is 3.40. The minimum absolute atomic E-state index is 0.982. The number of allylic oxidation sites excluding steroid dienone is 2. The van der Waals surface area contributed by atoms with Crippen LogP contribution in [0.15, 0.2) is 12.2 Å². The van der Waals surface area contributed by atoms with Crippen LogP contribution < -0.4 is 0 Å². The van der Waals surface area contributed by atoms with Crippen LogP contribution in [0.25, 0.3) is 0 Å². The van der Waals surface area contributed by atoms with Gasteiger partial charge in [-0.2, -0.15) is 0 Å². The van der Waals surface area contributed by atoms with Gasteiger partial charge in [-0.3, -0.25) is 0 Å². The van der Waals surface area contributed by atoms with Crippen LogP contribution in [0.1, 0.15) is 27.2 Å². The Morgan fingerprint density at radius 1 is 1.13 bits per heavy atom. The molecule has 90 valence electrons. The Morgan fingerprint density at radius 2 is 1.80 bits per heavy atom. The maximum atomic E-state index is 2.40. The predicted molar refractivity (Wildman–Crippen MR) is 74.3 cm³/mol. The van der Waals surface area contributed by atoms with Crippen molar-refractivity contribution < 1.29 is 0 Å². The third-order valence-electron chi connectivity index (χ3n) is 3.41. The van der Waals surface area contributed by atoms with Crippen molar-refractivity contribution in [2.24, 2.45) is 0 Å². The van der Waals surface area contributed by atoms with E-state index in [9.17, 15) is 0 Å². The average Bonchev–Trinajstić information content (AvgIpc) is 2.22. The van der Waals surface area contributed by atoms with Gasteiger partial charge in [-0.15, -0.1) is 0 Å². The largest absolute Gasteiger partial charge is 0.310 e. The van der Waals surface area contributed by atoms with Crippen LogP contribution in [-0.4, -0.2) is 33.6 Å². The molecular formula is C13H29NSi. The van der Waals surface area contributed by atoms with Crippen LogP contribution in [-0.2, 0) is 0 Å². The molecule has 0 radical (unpaired) electrons. The fourth-order valence-corrected chi connectivity index (χ4v) is 6.56. The zero-order valence-corrected chi connectivity index (χ0v) is 12.3. The van der Waals surface area contributed by atoms with Crippen LogP contribution in [0.3, 0.4) is 0 Å². The van der Waals surface area contributed by atoms with Gasteiger partial charge in [-0.25, -0.2) is 0 Å². The first-order chi connectivity index (χ1) is 7.10. The highest BCUT2D eigenvalue weighted by Crippen LogP contribution is 2.27. The summed E-state index contributed by atoms with van der Waals surface area (Å²) < 4.78 is 0. The SMILES string of the molecule is CC=CC[Si](CC)(CCC)CCN(C)C. The van der Waals surface area contributed by atoms with E-state index in [1.807, 2.05) is 0 Å². The molecule has 1 unspecified atom stereocenters. The highest BCUT2D eigenvalue weighted by Gasteiger charge is 2.27. The standard InChI is InChI=1S/C13H29NSi/c1-6-9-12-15(8-3,11-7-2)13-10-14(4)5/h6,9H,7-8,10-13H2,1-5H3. The molecule has 0 amide bonds. The van der Waals surface area contributed by atoms with E-state index in [0.29, 0.717) is 0 Å². The fraction of sp³-hybridized carbons (Fsp3) is 0.846. The molecule has 0 saturated carbocycles. The third kappa shape index (κ3) is 6.16. The summed E-state index contributed by atoms with van der Waals surface area (Å²) in [6, 6.07) is 5.80. The Kier molecular flexibility index (Phi) is 8.07. The Morgan fingerprint density at radius 3 is 2.20 bits per heavy atom. The fourth-order valence-electron chi connectivity index (χ4n) is 2.19. The molecule has 1 nitrogen and oxygen atoms in total. The van der Waals surface area contributed by atoms with Crippen molar-refractivity contribution in [3.8, 4) is 0 Å². The monoisotopic (exact) mass is 227 g/mol. The highest BCUT2D eigenvalue weighted by molar-refractivity contribution is 6.80. The quantitative estimate of drug-likeness (QED) is 0.447. The van der Waals surface area contributed by atoms with E-state index >= 15 is 0 Å². The Labute approximate surface area is 97.6 Å². The molecule has 0 spiro atoms. The van der Waals surface area contributed by atoms with Crippen molar-refractivity contribution in [2.45, 2.75) is 51.4 Å². The molecular weight excluding hydrogens is 198 g/mol. The summed E-state index contributed by atoms with van der Waals surface area (Å²) in [5.74, 6) is 0. The molecule has 0 aromatic carbocycles. The van der Waals surface area contributed by atoms with Crippen LogP contribution >= 0.6 is 0 Å². The Bertz CT molecular complexity index is 177. The first-order valence-electron chi connectivity index (χ1n) is 6.36. The summed E-state index contributed by atoms with van der Waals surface area (Å²) >= 11 is 0. The topological polar surface area (TPSA) is 3.24 Å². The van der Waals surface area contributed by atoms with E-state index in [2.05, 4.69) is 51.9 Å². The highest BCUT2D eigenvalue weighted by atomic mass is 28.3. The molecule has 0 saturated heterocycles. The number of rotatable bonds is 8. The first-order valence-corrected chi connectivity index (χ1v) is 9.19. The summed E-state index contributed by atoms with van der Waals surface area (Å²) in [5, 5.41) is 0. The molecule has 0 aromatic heterocycles. The van der Waals surface area contributed by atoms with Crippen molar-refractivity contribution in [3.05, 3.63) is 12.2 Å². The predicted octanol–water partition coefficient (Wildman–Crippen LogP) is 4.00. The second kappa shape index (κ2) is 8.11. The van der Waals surface area contributed by atoms with Gasteiger partial charge in [0.05, 0.1) is 8.07 Å². The number of nitrogens with zero attached hydrogens (tertiary/aromatic N) is 1. The summed E-state index contributed by atoms with van der Waals surface area (Å²) in [6.07, 6.45) is 5.99. The van der Waals surface area contributed by atoms with Gasteiger partial charge < -0.3 is 4.90 Å². The van der Waals surface area contributed by atoms with E-state index in [1.165, 1.54) is 37.1 Å². The molecule has 1 atom stereocenters. The van der Waals surface area contributed by atoms with Gasteiger partial charge in [0, 0.05) is 0 Å². The van der Waals surface area contributed by atoms with Crippen LogP contribution in [0.2, 0.25) is 24.2 Å². The minimum atomic E-state index is -0.982. The lowest BCUT2D eigenvalue weighted by Crippen LogP contribution is -2.35. The minimum Gasteiger partial charge on any atom is -0.310 e. The van der Waals surface area contributed by atoms with Gasteiger partial charge in [0.15, 0.2) is 0 Å². The maximum absolute atomic E-state index is 2.40. The summed E-state index contributed by atoms with van der Waals surface area (Å²) in [5.41, 5.74) is 0. The van der Waals surface area contributed by atoms with Crippen molar-refractivity contribution in [2.75, 3.05) is 20.6 Å². The van der Waals surface area contributed by atoms with Crippen molar-refractivity contribution in [3.63, 3.8) is 0 Å². The van der Waals surface area contributed by atoms with E-state index in [4.69, 9.17) is 0 Å². The molecule has 0 fully saturated rings. The molecule has 0 bridgehead atoms. The molecule has 2 heteroatoms. The van der Waals surface area contributed by atoms with Gasteiger partial charge >= 0.3 is 0 Å². The van der Waals surface area contributed by atoms with Gasteiger partial charge in [0.1, 0.15) is 0 Å². The van der Waals surface area contributed by atoms with E-state index < -0.39 is 8.07 Å². The van der Waals surface area contributed by atoms with Gasteiger partial charge in [0.2, 0.25) is 0 Å². The smallest absolute Gasteiger partial charge is 0.0583 e. The maximum Gasteiger partial charge on any atom is 0.0583 e. The number of hydrogen-bond donors (Lipinski definition) is 0. The second-order valence-electron chi connectivity index (χ2n) is 4.93. The van der Waals surface area contributed by atoms with Crippen LogP contribution in [0.5, 0.6) is 0 Å². The zero-order chi connectivity index (χ0) is 11.7. The van der Waals surface area contributed by atoms with Gasteiger partial charge in [0.25, 0.3) is 0 Å². The Hall–Kier alpha value is -0.0831. The molecule has 0 aromatic rings. The van der Waals surface area contributed by atoms with Crippen molar-refractivity contribution in [1.29, 1.82) is 0 Å². The molecule has 0 rings (SSSR count). The van der Waals surface area contributed by atoms with Crippen molar-refractivity contribution in [1.82, 2.24) is 4.90 Å². The summed E-state index contributed by atoms with van der Waals surface area (Å²) in [6.45, 7) is 8.16. The average molecular weight is 227 g/mol. The van der Waals surface area contributed by atoms with Gasteiger partial charge in [-0.05, 0) is 39.7 Å². The lowest BCUT2D eigenvalue weighted by Gasteiger charge is -2.30. The normalized spacial score (nSPS) is 16.1. The molecule has 15 heavy (non-hydrogen) atoms.